The van der Waals surface area contributed by atoms with Crippen LogP contribution in [0.25, 0.3) is 0 Å². The number of benzene rings is 2. The standard InChI is InChI=1S/C17H18N2O4S/c1-12(20)14-6-8-16(9-7-14)19(24(2,22)23)11-13-4-3-5-15(10-13)17(18)21/h3-10H,11H2,1-2H3,(H2,18,21). The molecule has 0 aliphatic carbocycles. The molecule has 0 radical (unpaired) electrons. The lowest BCUT2D eigenvalue weighted by Gasteiger charge is -2.23. The first-order valence-electron chi connectivity index (χ1n) is 7.16. The van der Waals surface area contributed by atoms with Crippen molar-refractivity contribution in [2.45, 2.75) is 13.5 Å². The van der Waals surface area contributed by atoms with Crippen LogP contribution in [0, 0.1) is 0 Å². The molecule has 2 rings (SSSR count). The molecule has 7 heteroatoms. The Kier molecular flexibility index (Phi) is 5.04. The quantitative estimate of drug-likeness (QED) is 0.808. The van der Waals surface area contributed by atoms with Gasteiger partial charge in [-0.15, -0.1) is 0 Å². The molecule has 6 nitrogen and oxygen atoms in total. The number of hydrogen-bond acceptors (Lipinski definition) is 4. The molecular formula is C17H18N2O4S. The highest BCUT2D eigenvalue weighted by Crippen LogP contribution is 2.22. The number of anilines is 1. The van der Waals surface area contributed by atoms with Gasteiger partial charge in [-0.1, -0.05) is 12.1 Å². The molecule has 126 valence electrons. The van der Waals surface area contributed by atoms with Crippen LogP contribution in [0.4, 0.5) is 5.69 Å². The summed E-state index contributed by atoms with van der Waals surface area (Å²) in [6.07, 6.45) is 1.10. The predicted molar refractivity (Wildman–Crippen MR) is 92.4 cm³/mol. The number of hydrogen-bond donors (Lipinski definition) is 1. The summed E-state index contributed by atoms with van der Waals surface area (Å²) in [6, 6.07) is 12.8. The molecule has 0 saturated heterocycles. The second-order valence-corrected chi connectivity index (χ2v) is 7.34. The maximum Gasteiger partial charge on any atom is 0.248 e. The van der Waals surface area contributed by atoms with Crippen LogP contribution in [0.3, 0.4) is 0 Å². The average Bonchev–Trinajstić information content (AvgIpc) is 2.52. The minimum Gasteiger partial charge on any atom is -0.366 e. The van der Waals surface area contributed by atoms with Crippen molar-refractivity contribution in [3.8, 4) is 0 Å². The van der Waals surface area contributed by atoms with Crippen molar-refractivity contribution in [2.24, 2.45) is 5.73 Å². The van der Waals surface area contributed by atoms with E-state index in [2.05, 4.69) is 0 Å². The van der Waals surface area contributed by atoms with Crippen LogP contribution in [0.2, 0.25) is 0 Å². The van der Waals surface area contributed by atoms with E-state index in [0.29, 0.717) is 22.4 Å². The van der Waals surface area contributed by atoms with Gasteiger partial charge in [0, 0.05) is 11.1 Å². The van der Waals surface area contributed by atoms with E-state index in [4.69, 9.17) is 5.73 Å². The lowest BCUT2D eigenvalue weighted by molar-refractivity contribution is 0.0996. The van der Waals surface area contributed by atoms with Gasteiger partial charge in [-0.05, 0) is 48.9 Å². The number of primary amides is 1. The number of carbonyl (C=O) groups excluding carboxylic acids is 2. The first-order chi connectivity index (χ1) is 11.2. The molecule has 24 heavy (non-hydrogen) atoms. The molecule has 0 atom stereocenters. The highest BCUT2D eigenvalue weighted by Gasteiger charge is 2.18. The third-order valence-corrected chi connectivity index (χ3v) is 4.64. The summed E-state index contributed by atoms with van der Waals surface area (Å²) in [5, 5.41) is 0. The summed E-state index contributed by atoms with van der Waals surface area (Å²) < 4.78 is 25.5. The van der Waals surface area contributed by atoms with Crippen molar-refractivity contribution in [1.82, 2.24) is 0 Å². The molecule has 0 heterocycles. The summed E-state index contributed by atoms with van der Waals surface area (Å²) in [5.41, 5.74) is 7.14. The van der Waals surface area contributed by atoms with Gasteiger partial charge in [0.15, 0.2) is 5.78 Å². The van der Waals surface area contributed by atoms with E-state index < -0.39 is 15.9 Å². The topological polar surface area (TPSA) is 97.5 Å². The molecule has 0 spiro atoms. The minimum atomic E-state index is -3.55. The lowest BCUT2D eigenvalue weighted by atomic mass is 10.1. The zero-order valence-electron chi connectivity index (χ0n) is 13.4. The second-order valence-electron chi connectivity index (χ2n) is 5.44. The molecule has 0 fully saturated rings. The van der Waals surface area contributed by atoms with Crippen LogP contribution in [-0.4, -0.2) is 26.4 Å². The molecule has 2 aromatic rings. The first kappa shape index (κ1) is 17.7. The average molecular weight is 346 g/mol. The SMILES string of the molecule is CC(=O)c1ccc(N(Cc2cccc(C(N)=O)c2)S(C)(=O)=O)cc1. The van der Waals surface area contributed by atoms with Gasteiger partial charge < -0.3 is 5.73 Å². The van der Waals surface area contributed by atoms with Gasteiger partial charge in [0.05, 0.1) is 18.5 Å². The monoisotopic (exact) mass is 346 g/mol. The molecule has 0 saturated carbocycles. The zero-order valence-corrected chi connectivity index (χ0v) is 14.2. The van der Waals surface area contributed by atoms with E-state index in [1.54, 1.807) is 48.5 Å². The number of sulfonamides is 1. The van der Waals surface area contributed by atoms with Gasteiger partial charge >= 0.3 is 0 Å². The van der Waals surface area contributed by atoms with Gasteiger partial charge in [0.1, 0.15) is 0 Å². The Morgan fingerprint density at radius 3 is 2.17 bits per heavy atom. The summed E-state index contributed by atoms with van der Waals surface area (Å²) in [4.78, 5) is 22.6. The first-order valence-corrected chi connectivity index (χ1v) is 9.01. The van der Waals surface area contributed by atoms with Crippen LogP contribution < -0.4 is 10.0 Å². The van der Waals surface area contributed by atoms with E-state index >= 15 is 0 Å². The number of nitrogens with zero attached hydrogens (tertiary/aromatic N) is 1. The van der Waals surface area contributed by atoms with Gasteiger partial charge in [-0.2, -0.15) is 0 Å². The fourth-order valence-corrected chi connectivity index (χ4v) is 3.14. The summed E-state index contributed by atoms with van der Waals surface area (Å²) in [6.45, 7) is 1.50. The van der Waals surface area contributed by atoms with E-state index in [1.165, 1.54) is 11.2 Å². The predicted octanol–water partition coefficient (Wildman–Crippen LogP) is 1.95. The lowest BCUT2D eigenvalue weighted by Crippen LogP contribution is -2.29. The molecule has 2 N–H and O–H groups in total. The number of ketones is 1. The highest BCUT2D eigenvalue weighted by atomic mass is 32.2. The van der Waals surface area contributed by atoms with Gasteiger partial charge in [0.2, 0.25) is 15.9 Å². The number of nitrogens with two attached hydrogens (primary N) is 1. The Bertz CT molecular complexity index is 874. The maximum absolute atomic E-state index is 12.1. The van der Waals surface area contributed by atoms with Crippen molar-refractivity contribution in [1.29, 1.82) is 0 Å². The third-order valence-electron chi connectivity index (χ3n) is 3.50. The normalized spacial score (nSPS) is 11.1. The van der Waals surface area contributed by atoms with E-state index in [9.17, 15) is 18.0 Å². The Morgan fingerprint density at radius 1 is 1.04 bits per heavy atom. The minimum absolute atomic E-state index is 0.0549. The van der Waals surface area contributed by atoms with Crippen LogP contribution in [0.15, 0.2) is 48.5 Å². The molecular weight excluding hydrogens is 328 g/mol. The van der Waals surface area contributed by atoms with Crippen LogP contribution in [0.5, 0.6) is 0 Å². The van der Waals surface area contributed by atoms with E-state index in [1.807, 2.05) is 0 Å². The summed E-state index contributed by atoms with van der Waals surface area (Å²) in [7, 11) is -3.55. The van der Waals surface area contributed by atoms with Crippen molar-refractivity contribution in [3.05, 3.63) is 65.2 Å². The molecule has 0 aliphatic rings. The van der Waals surface area contributed by atoms with E-state index in [-0.39, 0.29) is 12.3 Å². The highest BCUT2D eigenvalue weighted by molar-refractivity contribution is 7.92. The maximum atomic E-state index is 12.1. The number of amides is 1. The molecule has 0 unspecified atom stereocenters. The Labute approximate surface area is 140 Å². The number of rotatable bonds is 6. The largest absolute Gasteiger partial charge is 0.366 e. The van der Waals surface area contributed by atoms with Crippen molar-refractivity contribution < 1.29 is 18.0 Å². The third kappa shape index (κ3) is 4.20. The Hall–Kier alpha value is -2.67. The Balaban J connectivity index is 2.38. The van der Waals surface area contributed by atoms with Crippen molar-refractivity contribution in [3.63, 3.8) is 0 Å². The molecule has 1 amide bonds. The van der Waals surface area contributed by atoms with Gasteiger partial charge in [-0.25, -0.2) is 8.42 Å². The van der Waals surface area contributed by atoms with Crippen LogP contribution >= 0.6 is 0 Å². The molecule has 0 aliphatic heterocycles. The van der Waals surface area contributed by atoms with Crippen LogP contribution in [-0.2, 0) is 16.6 Å². The molecule has 0 aromatic heterocycles. The second kappa shape index (κ2) is 6.84. The van der Waals surface area contributed by atoms with E-state index in [0.717, 1.165) is 6.26 Å². The smallest absolute Gasteiger partial charge is 0.248 e. The summed E-state index contributed by atoms with van der Waals surface area (Å²) >= 11 is 0. The molecule has 2 aromatic carbocycles. The Morgan fingerprint density at radius 2 is 1.67 bits per heavy atom. The fraction of sp³-hybridized carbons (Fsp3) is 0.176. The summed E-state index contributed by atoms with van der Waals surface area (Å²) in [5.74, 6) is -0.671. The van der Waals surface area contributed by atoms with Crippen LogP contribution in [0.1, 0.15) is 33.2 Å². The van der Waals surface area contributed by atoms with Gasteiger partial charge in [0.25, 0.3) is 0 Å². The van der Waals surface area contributed by atoms with Crippen molar-refractivity contribution >= 4 is 27.4 Å². The number of carbonyl (C=O) groups is 2. The number of Topliss-reactive ketones (excluding diaryl/α,β-unsaturated/α-hetero) is 1. The zero-order chi connectivity index (χ0) is 17.9. The molecule has 0 bridgehead atoms. The van der Waals surface area contributed by atoms with Crippen molar-refractivity contribution in [2.75, 3.05) is 10.6 Å². The fourth-order valence-electron chi connectivity index (χ4n) is 2.25. The van der Waals surface area contributed by atoms with Gasteiger partial charge in [-0.3, -0.25) is 13.9 Å².